The van der Waals surface area contributed by atoms with Crippen LogP contribution in [0.15, 0.2) is 59.1 Å². The zero-order valence-corrected chi connectivity index (χ0v) is 19.0. The van der Waals surface area contributed by atoms with Gasteiger partial charge in [0.05, 0.1) is 12.5 Å². The van der Waals surface area contributed by atoms with Gasteiger partial charge >= 0.3 is 18.3 Å². The number of halogens is 3. The number of anilines is 1. The molecule has 196 valence electrons. The second-order valence-corrected chi connectivity index (χ2v) is 7.83. The Morgan fingerprint density at radius 3 is 2.22 bits per heavy atom. The van der Waals surface area contributed by atoms with E-state index in [1.807, 2.05) is 35.2 Å². The molecule has 1 aliphatic heterocycles. The number of ether oxygens (including phenoxy) is 1. The molecule has 0 saturated carbocycles. The molecule has 1 aliphatic rings. The van der Waals surface area contributed by atoms with E-state index in [1.165, 1.54) is 12.1 Å². The van der Waals surface area contributed by atoms with E-state index in [9.17, 15) is 18.0 Å². The molecular weight excluding hydrogens is 501 g/mol. The fourth-order valence-electron chi connectivity index (χ4n) is 3.28. The summed E-state index contributed by atoms with van der Waals surface area (Å²) >= 11 is 0. The molecule has 2 heterocycles. The maximum absolute atomic E-state index is 12.2. The minimum Gasteiger partial charge on any atom is -0.473 e. The van der Waals surface area contributed by atoms with E-state index in [2.05, 4.69) is 20.2 Å². The minimum absolute atomic E-state index is 0.0728. The maximum atomic E-state index is 12.2. The van der Waals surface area contributed by atoms with Gasteiger partial charge in [-0.2, -0.15) is 4.98 Å². The van der Waals surface area contributed by atoms with E-state index in [4.69, 9.17) is 24.3 Å². The second kappa shape index (κ2) is 12.0. The highest BCUT2D eigenvalue weighted by molar-refractivity contribution is 6.27. The van der Waals surface area contributed by atoms with Crippen LogP contribution in [0.3, 0.4) is 0 Å². The van der Waals surface area contributed by atoms with Gasteiger partial charge in [-0.15, -0.1) is 13.2 Å². The van der Waals surface area contributed by atoms with Crippen LogP contribution < -0.4 is 10.1 Å². The summed E-state index contributed by atoms with van der Waals surface area (Å²) in [6.07, 6.45) is -4.16. The van der Waals surface area contributed by atoms with E-state index < -0.39 is 18.3 Å². The predicted octanol–water partition coefficient (Wildman–Crippen LogP) is 2.75. The molecule has 0 radical (unpaired) electrons. The number of benzene rings is 2. The Bertz CT molecular complexity index is 1200. The van der Waals surface area contributed by atoms with Crippen molar-refractivity contribution in [1.29, 1.82) is 0 Å². The van der Waals surface area contributed by atoms with Crippen molar-refractivity contribution in [1.82, 2.24) is 15.0 Å². The van der Waals surface area contributed by atoms with Crippen LogP contribution in [0, 0.1) is 0 Å². The van der Waals surface area contributed by atoms with Gasteiger partial charge in [-0.05, 0) is 29.8 Å². The smallest absolute Gasteiger partial charge is 0.473 e. The molecule has 3 aromatic rings. The van der Waals surface area contributed by atoms with Crippen molar-refractivity contribution in [3.05, 3.63) is 71.9 Å². The average molecular weight is 522 g/mol. The number of aliphatic carboxylic acids is 2. The molecule has 0 bridgehead atoms. The van der Waals surface area contributed by atoms with E-state index in [-0.39, 0.29) is 24.1 Å². The Hall–Kier alpha value is -4.46. The summed E-state index contributed by atoms with van der Waals surface area (Å²) in [5.74, 6) is -3.01. The number of hydrogen-bond acceptors (Lipinski definition) is 8. The Kier molecular flexibility index (Phi) is 8.79. The van der Waals surface area contributed by atoms with Crippen LogP contribution in [0.5, 0.6) is 5.75 Å². The molecule has 11 nitrogen and oxygen atoms in total. The standard InChI is InChI=1S/C21H19F3N4O3.C2H2O4/c22-21(23,24)30-17-8-6-16(7-9-17)25-19(29)13-28-11-15(12-28)20-26-18(27-31-20)10-14-4-2-1-3-5-14;3-1(4)2(5)6/h1-9,15H,10-13H2,(H,25,29);(H,3,4)(H,5,6). The van der Waals surface area contributed by atoms with Crippen LogP contribution >= 0.6 is 0 Å². The fraction of sp³-hybridized carbons (Fsp3) is 0.261. The number of nitrogens with zero attached hydrogens (tertiary/aromatic N) is 3. The van der Waals surface area contributed by atoms with Gasteiger partial charge in [0, 0.05) is 25.2 Å². The first-order valence-electron chi connectivity index (χ1n) is 10.7. The van der Waals surface area contributed by atoms with Gasteiger partial charge in [0.15, 0.2) is 5.82 Å². The van der Waals surface area contributed by atoms with Crippen molar-refractivity contribution in [3.8, 4) is 5.75 Å². The van der Waals surface area contributed by atoms with Gasteiger partial charge in [0.25, 0.3) is 0 Å². The molecule has 1 saturated heterocycles. The number of likely N-dealkylation sites (tertiary alicyclic amines) is 1. The molecule has 1 fully saturated rings. The fourth-order valence-corrected chi connectivity index (χ4v) is 3.28. The summed E-state index contributed by atoms with van der Waals surface area (Å²) in [5.41, 5.74) is 1.49. The van der Waals surface area contributed by atoms with Crippen LogP contribution in [0.1, 0.15) is 23.2 Å². The number of alkyl halides is 3. The van der Waals surface area contributed by atoms with Crippen molar-refractivity contribution >= 4 is 23.5 Å². The molecule has 1 aromatic heterocycles. The van der Waals surface area contributed by atoms with Gasteiger partial charge in [0.2, 0.25) is 11.8 Å². The number of rotatable bonds is 7. The number of nitrogens with one attached hydrogen (secondary N) is 1. The molecule has 4 rings (SSSR count). The molecule has 3 N–H and O–H groups in total. The van der Waals surface area contributed by atoms with E-state index >= 15 is 0 Å². The number of amides is 1. The van der Waals surface area contributed by atoms with Crippen molar-refractivity contribution in [2.24, 2.45) is 0 Å². The van der Waals surface area contributed by atoms with Crippen molar-refractivity contribution < 1.29 is 47.0 Å². The molecule has 0 spiro atoms. The SMILES string of the molecule is O=C(CN1CC(c2nc(Cc3ccccc3)no2)C1)Nc1ccc(OC(F)(F)F)cc1.O=C(O)C(=O)O. The second-order valence-electron chi connectivity index (χ2n) is 7.83. The van der Waals surface area contributed by atoms with Gasteiger partial charge in [-0.25, -0.2) is 9.59 Å². The number of carbonyl (C=O) groups excluding carboxylic acids is 1. The first-order valence-corrected chi connectivity index (χ1v) is 10.7. The molecule has 14 heteroatoms. The summed E-state index contributed by atoms with van der Waals surface area (Å²) in [4.78, 5) is 36.7. The molecule has 2 aromatic carbocycles. The summed E-state index contributed by atoms with van der Waals surface area (Å²) in [7, 11) is 0. The number of carbonyl (C=O) groups is 3. The summed E-state index contributed by atoms with van der Waals surface area (Å²) in [5, 5.41) is 21.5. The monoisotopic (exact) mass is 522 g/mol. The molecule has 0 atom stereocenters. The van der Waals surface area contributed by atoms with E-state index in [1.54, 1.807) is 0 Å². The number of carboxylic acid groups (broad SMARTS) is 2. The lowest BCUT2D eigenvalue weighted by atomic mass is 10.0. The Morgan fingerprint density at radius 2 is 1.65 bits per heavy atom. The van der Waals surface area contributed by atoms with Crippen LogP contribution in [0.25, 0.3) is 0 Å². The number of hydrogen-bond donors (Lipinski definition) is 3. The lowest BCUT2D eigenvalue weighted by molar-refractivity contribution is -0.274. The normalized spacial score (nSPS) is 13.6. The third-order valence-electron chi connectivity index (χ3n) is 4.92. The van der Waals surface area contributed by atoms with Crippen LogP contribution in [0.4, 0.5) is 18.9 Å². The molecule has 0 aliphatic carbocycles. The zero-order valence-electron chi connectivity index (χ0n) is 19.0. The third-order valence-corrected chi connectivity index (χ3v) is 4.92. The van der Waals surface area contributed by atoms with Crippen molar-refractivity contribution in [2.75, 3.05) is 25.0 Å². The quantitative estimate of drug-likeness (QED) is 0.395. The summed E-state index contributed by atoms with van der Waals surface area (Å²) < 4.78 is 45.7. The predicted molar refractivity (Wildman–Crippen MR) is 120 cm³/mol. The Labute approximate surface area is 207 Å². The first kappa shape index (κ1) is 27.1. The topological polar surface area (TPSA) is 155 Å². The Morgan fingerprint density at radius 1 is 1.03 bits per heavy atom. The largest absolute Gasteiger partial charge is 0.573 e. The summed E-state index contributed by atoms with van der Waals surface area (Å²) in [6, 6.07) is 14.8. The van der Waals surface area contributed by atoms with Crippen molar-refractivity contribution in [2.45, 2.75) is 18.7 Å². The molecule has 1 amide bonds. The minimum atomic E-state index is -4.75. The van der Waals surface area contributed by atoms with Gasteiger partial charge < -0.3 is 24.8 Å². The zero-order chi connectivity index (χ0) is 27.0. The Balaban J connectivity index is 0.000000568. The average Bonchev–Trinajstić information content (AvgIpc) is 3.25. The number of carboxylic acids is 2. The van der Waals surface area contributed by atoms with E-state index in [0.717, 1.165) is 17.7 Å². The lowest BCUT2D eigenvalue weighted by Crippen LogP contribution is -2.48. The first-order chi connectivity index (χ1) is 17.5. The highest BCUT2D eigenvalue weighted by Gasteiger charge is 2.34. The van der Waals surface area contributed by atoms with Crippen LogP contribution in [-0.4, -0.2) is 69.1 Å². The van der Waals surface area contributed by atoms with Gasteiger partial charge in [0.1, 0.15) is 5.75 Å². The van der Waals surface area contributed by atoms with Crippen LogP contribution in [0.2, 0.25) is 0 Å². The molecular formula is C23H21F3N4O7. The van der Waals surface area contributed by atoms with Crippen LogP contribution in [-0.2, 0) is 20.8 Å². The highest BCUT2D eigenvalue weighted by atomic mass is 19.4. The van der Waals surface area contributed by atoms with Crippen molar-refractivity contribution in [3.63, 3.8) is 0 Å². The summed E-state index contributed by atoms with van der Waals surface area (Å²) in [6.45, 7) is 1.37. The van der Waals surface area contributed by atoms with Gasteiger partial charge in [-0.3, -0.25) is 9.69 Å². The third kappa shape index (κ3) is 8.92. The molecule has 0 unspecified atom stereocenters. The highest BCUT2D eigenvalue weighted by Crippen LogP contribution is 2.26. The van der Waals surface area contributed by atoms with E-state index in [0.29, 0.717) is 36.9 Å². The van der Waals surface area contributed by atoms with Gasteiger partial charge in [-0.1, -0.05) is 35.5 Å². The number of aromatic nitrogens is 2. The molecule has 37 heavy (non-hydrogen) atoms. The maximum Gasteiger partial charge on any atom is 0.573 e. The lowest BCUT2D eigenvalue weighted by Gasteiger charge is -2.36.